The average molecular weight is 425 g/mol. The third kappa shape index (κ3) is 4.82. The fourth-order valence-electron chi connectivity index (χ4n) is 4.06. The van der Waals surface area contributed by atoms with Gasteiger partial charge >= 0.3 is 11.9 Å². The number of ether oxygens (including phenoxy) is 2. The Morgan fingerprint density at radius 2 is 2.06 bits per heavy atom. The van der Waals surface area contributed by atoms with E-state index in [1.165, 1.54) is 0 Å². The number of aromatic nitrogens is 3. The summed E-state index contributed by atoms with van der Waals surface area (Å²) in [4.78, 5) is 42.0. The summed E-state index contributed by atoms with van der Waals surface area (Å²) in [7, 11) is 0. The van der Waals surface area contributed by atoms with Gasteiger partial charge in [0.2, 0.25) is 5.95 Å². The van der Waals surface area contributed by atoms with Crippen molar-refractivity contribution in [1.82, 2.24) is 19.9 Å². The molecule has 4 heterocycles. The van der Waals surface area contributed by atoms with E-state index in [-0.39, 0.29) is 12.5 Å². The molecule has 0 aliphatic carbocycles. The number of esters is 1. The second kappa shape index (κ2) is 9.82. The first-order valence-electron chi connectivity index (χ1n) is 10.7. The first-order valence-corrected chi connectivity index (χ1v) is 10.7. The standard InChI is InChI=1S/C22H27N5O4/c1-2-31-21(29)20(28)27-8-4-6-17(15-27)19-18(16-5-3-7-23-13-16)14-24-22(25-19)26-9-11-30-12-10-26/h3,5,7,13-14,17H,2,4,6,8-12,15H2,1H3/t17-/m0/s1. The van der Waals surface area contributed by atoms with Crippen molar-refractivity contribution >= 4 is 17.8 Å². The Hall–Kier alpha value is -3.07. The van der Waals surface area contributed by atoms with Crippen LogP contribution in [0.4, 0.5) is 5.95 Å². The number of carbonyl (C=O) groups is 2. The maximum Gasteiger partial charge on any atom is 0.397 e. The van der Waals surface area contributed by atoms with Crippen LogP contribution in [-0.2, 0) is 19.1 Å². The molecule has 2 aromatic heterocycles. The number of hydrogen-bond acceptors (Lipinski definition) is 8. The fourth-order valence-corrected chi connectivity index (χ4v) is 4.06. The zero-order chi connectivity index (χ0) is 21.6. The van der Waals surface area contributed by atoms with E-state index in [0.717, 1.165) is 42.8 Å². The van der Waals surface area contributed by atoms with E-state index in [1.54, 1.807) is 24.2 Å². The number of nitrogens with zero attached hydrogens (tertiary/aromatic N) is 5. The third-order valence-corrected chi connectivity index (χ3v) is 5.62. The van der Waals surface area contributed by atoms with Crippen molar-refractivity contribution in [2.45, 2.75) is 25.7 Å². The SMILES string of the molecule is CCOC(=O)C(=O)N1CCC[C@H](c2nc(N3CCOCC3)ncc2-c2cccnc2)C1. The molecule has 0 spiro atoms. The molecule has 9 nitrogen and oxygen atoms in total. The van der Waals surface area contributed by atoms with Crippen LogP contribution < -0.4 is 4.90 Å². The highest BCUT2D eigenvalue weighted by Crippen LogP contribution is 2.34. The molecule has 0 radical (unpaired) electrons. The van der Waals surface area contributed by atoms with E-state index >= 15 is 0 Å². The van der Waals surface area contributed by atoms with E-state index in [0.29, 0.717) is 32.3 Å². The molecule has 2 aliphatic rings. The summed E-state index contributed by atoms with van der Waals surface area (Å²) in [5.74, 6) is -0.728. The predicted molar refractivity (Wildman–Crippen MR) is 113 cm³/mol. The number of anilines is 1. The van der Waals surface area contributed by atoms with Crippen LogP contribution in [0, 0.1) is 0 Å². The van der Waals surface area contributed by atoms with Crippen LogP contribution in [0.1, 0.15) is 31.4 Å². The van der Waals surface area contributed by atoms with Gasteiger partial charge in [-0.2, -0.15) is 0 Å². The van der Waals surface area contributed by atoms with Gasteiger partial charge in [-0.1, -0.05) is 6.07 Å². The minimum atomic E-state index is -0.799. The van der Waals surface area contributed by atoms with Crippen molar-refractivity contribution in [3.05, 3.63) is 36.4 Å². The third-order valence-electron chi connectivity index (χ3n) is 5.62. The summed E-state index contributed by atoms with van der Waals surface area (Å²) in [5.41, 5.74) is 2.71. The van der Waals surface area contributed by atoms with Gasteiger partial charge in [-0.25, -0.2) is 14.8 Å². The summed E-state index contributed by atoms with van der Waals surface area (Å²) >= 11 is 0. The molecule has 0 saturated carbocycles. The highest BCUT2D eigenvalue weighted by Gasteiger charge is 2.32. The highest BCUT2D eigenvalue weighted by atomic mass is 16.5. The summed E-state index contributed by atoms with van der Waals surface area (Å²) in [6.45, 7) is 5.61. The second-order valence-electron chi connectivity index (χ2n) is 7.62. The number of rotatable bonds is 4. The number of morpholine rings is 1. The summed E-state index contributed by atoms with van der Waals surface area (Å²) in [6.07, 6.45) is 7.03. The molecule has 2 fully saturated rings. The number of likely N-dealkylation sites (tertiary alicyclic amines) is 1. The van der Waals surface area contributed by atoms with Crippen molar-refractivity contribution in [1.29, 1.82) is 0 Å². The monoisotopic (exact) mass is 425 g/mol. The first-order chi connectivity index (χ1) is 15.2. The van der Waals surface area contributed by atoms with Crippen LogP contribution in [0.25, 0.3) is 11.1 Å². The van der Waals surface area contributed by atoms with Crippen molar-refractivity contribution in [3.63, 3.8) is 0 Å². The lowest BCUT2D eigenvalue weighted by Crippen LogP contribution is -2.43. The van der Waals surface area contributed by atoms with Crippen LogP contribution >= 0.6 is 0 Å². The molecule has 31 heavy (non-hydrogen) atoms. The van der Waals surface area contributed by atoms with Gasteiger partial charge in [0.25, 0.3) is 0 Å². The average Bonchev–Trinajstić information content (AvgIpc) is 2.84. The maximum atomic E-state index is 12.5. The van der Waals surface area contributed by atoms with E-state index in [4.69, 9.17) is 14.5 Å². The Morgan fingerprint density at radius 3 is 2.81 bits per heavy atom. The lowest BCUT2D eigenvalue weighted by Gasteiger charge is -2.33. The Balaban J connectivity index is 1.65. The van der Waals surface area contributed by atoms with E-state index in [1.807, 2.05) is 18.3 Å². The Labute approximate surface area is 181 Å². The largest absolute Gasteiger partial charge is 0.459 e. The summed E-state index contributed by atoms with van der Waals surface area (Å²) in [6, 6.07) is 3.86. The molecular weight excluding hydrogens is 398 g/mol. The molecule has 164 valence electrons. The maximum absolute atomic E-state index is 12.5. The second-order valence-corrected chi connectivity index (χ2v) is 7.62. The van der Waals surface area contributed by atoms with E-state index in [2.05, 4.69) is 14.9 Å². The van der Waals surface area contributed by atoms with Gasteiger partial charge in [0.1, 0.15) is 0 Å². The van der Waals surface area contributed by atoms with Gasteiger partial charge in [0.05, 0.1) is 25.5 Å². The Bertz CT molecular complexity index is 917. The molecule has 2 saturated heterocycles. The fraction of sp³-hybridized carbons (Fsp3) is 0.500. The molecule has 0 bridgehead atoms. The summed E-state index contributed by atoms with van der Waals surface area (Å²) < 4.78 is 10.4. The van der Waals surface area contributed by atoms with Crippen LogP contribution in [0.3, 0.4) is 0 Å². The van der Waals surface area contributed by atoms with Crippen LogP contribution in [0.5, 0.6) is 0 Å². The number of pyridine rings is 1. The zero-order valence-corrected chi connectivity index (χ0v) is 17.7. The van der Waals surface area contributed by atoms with Gasteiger partial charge in [0, 0.05) is 61.8 Å². The number of amides is 1. The van der Waals surface area contributed by atoms with Crippen molar-refractivity contribution in [2.75, 3.05) is 50.9 Å². The topological polar surface area (TPSA) is 97.8 Å². The molecule has 0 aromatic carbocycles. The molecule has 1 atom stereocenters. The van der Waals surface area contributed by atoms with Crippen LogP contribution in [0.15, 0.2) is 30.7 Å². The number of piperidine rings is 1. The summed E-state index contributed by atoms with van der Waals surface area (Å²) in [5, 5.41) is 0. The normalized spacial score (nSPS) is 19.2. The molecule has 4 rings (SSSR count). The molecule has 1 amide bonds. The minimum absolute atomic E-state index is 0.00915. The lowest BCUT2D eigenvalue weighted by atomic mass is 9.90. The van der Waals surface area contributed by atoms with Gasteiger partial charge < -0.3 is 19.3 Å². The lowest BCUT2D eigenvalue weighted by molar-refractivity contribution is -0.160. The van der Waals surface area contributed by atoms with E-state index in [9.17, 15) is 9.59 Å². The quantitative estimate of drug-likeness (QED) is 0.539. The predicted octanol–water partition coefficient (Wildman–Crippen LogP) is 1.64. The van der Waals surface area contributed by atoms with Gasteiger partial charge in [-0.15, -0.1) is 0 Å². The van der Waals surface area contributed by atoms with Crippen LogP contribution in [-0.4, -0.2) is 77.7 Å². The molecule has 2 aromatic rings. The van der Waals surface area contributed by atoms with Gasteiger partial charge in [-0.3, -0.25) is 9.78 Å². The molecule has 0 unspecified atom stereocenters. The first kappa shape index (κ1) is 21.2. The number of hydrogen-bond donors (Lipinski definition) is 0. The number of carbonyl (C=O) groups excluding carboxylic acids is 2. The van der Waals surface area contributed by atoms with Gasteiger partial charge in [0.15, 0.2) is 0 Å². The smallest absolute Gasteiger partial charge is 0.397 e. The molecule has 2 aliphatic heterocycles. The van der Waals surface area contributed by atoms with Crippen molar-refractivity contribution in [3.8, 4) is 11.1 Å². The zero-order valence-electron chi connectivity index (χ0n) is 17.7. The van der Waals surface area contributed by atoms with Crippen LogP contribution in [0.2, 0.25) is 0 Å². The van der Waals surface area contributed by atoms with Gasteiger partial charge in [-0.05, 0) is 25.8 Å². The van der Waals surface area contributed by atoms with Crippen molar-refractivity contribution in [2.24, 2.45) is 0 Å². The highest BCUT2D eigenvalue weighted by molar-refractivity contribution is 6.32. The molecule has 9 heteroatoms. The molecule has 0 N–H and O–H groups in total. The Kier molecular flexibility index (Phi) is 6.71. The molecular formula is C22H27N5O4. The van der Waals surface area contributed by atoms with Crippen molar-refractivity contribution < 1.29 is 19.1 Å². The Morgan fingerprint density at radius 1 is 1.23 bits per heavy atom. The van der Waals surface area contributed by atoms with E-state index < -0.39 is 11.9 Å². The minimum Gasteiger partial charge on any atom is -0.459 e.